The van der Waals surface area contributed by atoms with Crippen LogP contribution in [-0.4, -0.2) is 54.0 Å². The predicted octanol–water partition coefficient (Wildman–Crippen LogP) is 1.75. The maximum Gasteiger partial charge on any atom is 0.257 e. The summed E-state index contributed by atoms with van der Waals surface area (Å²) in [5.41, 5.74) is 0.444. The first-order valence-electron chi connectivity index (χ1n) is 6.95. The van der Waals surface area contributed by atoms with Crippen LogP contribution in [0.15, 0.2) is 18.2 Å². The number of carbonyl (C=O) groups excluding carboxylic acids is 1. The van der Waals surface area contributed by atoms with Gasteiger partial charge in [0.1, 0.15) is 17.7 Å². The lowest BCUT2D eigenvalue weighted by Crippen LogP contribution is -2.44. The van der Waals surface area contributed by atoms with Crippen molar-refractivity contribution in [2.75, 3.05) is 20.1 Å². The number of amides is 1. The molecule has 1 aromatic rings. The molecule has 4 nitrogen and oxygen atoms in total. The topological polar surface area (TPSA) is 32.8 Å². The number of fused-ring (bicyclic) bond motifs is 2. The summed E-state index contributed by atoms with van der Waals surface area (Å²) in [5, 5.41) is 0. The molecule has 1 amide bonds. The predicted molar refractivity (Wildman–Crippen MR) is 73.4 cm³/mol. The maximum atomic E-state index is 13.4. The summed E-state index contributed by atoms with van der Waals surface area (Å²) in [6, 6.07) is 4.53. The van der Waals surface area contributed by atoms with E-state index >= 15 is 0 Å². The Labute approximate surface area is 118 Å². The largest absolute Gasteiger partial charge is 0.486 e. The number of likely N-dealkylation sites (tertiary alicyclic amines) is 1. The number of likely N-dealkylation sites (N-methyl/N-ethyl adjacent to an activating group) is 1. The van der Waals surface area contributed by atoms with Crippen LogP contribution in [0.25, 0.3) is 0 Å². The first-order chi connectivity index (χ1) is 9.47. The summed E-state index contributed by atoms with van der Waals surface area (Å²) in [6.07, 6.45) is -0.102. The quantitative estimate of drug-likeness (QED) is 0.784. The van der Waals surface area contributed by atoms with Gasteiger partial charge < -0.3 is 9.64 Å². The summed E-state index contributed by atoms with van der Waals surface area (Å²) < 4.78 is 19.3. The minimum absolute atomic E-state index is 0.0142. The Morgan fingerprint density at radius 1 is 1.35 bits per heavy atom. The Morgan fingerprint density at radius 3 is 2.80 bits per heavy atom. The molecule has 5 heteroatoms. The second-order valence-electron chi connectivity index (χ2n) is 5.83. The van der Waals surface area contributed by atoms with Crippen molar-refractivity contribution in [3.05, 3.63) is 29.6 Å². The molecule has 20 heavy (non-hydrogen) atoms. The monoisotopic (exact) mass is 278 g/mol. The van der Waals surface area contributed by atoms with Gasteiger partial charge in [0.05, 0.1) is 11.6 Å². The van der Waals surface area contributed by atoms with Crippen molar-refractivity contribution in [3.8, 4) is 5.75 Å². The maximum absolute atomic E-state index is 13.4. The van der Waals surface area contributed by atoms with Gasteiger partial charge in [0.2, 0.25) is 0 Å². The summed E-state index contributed by atoms with van der Waals surface area (Å²) in [5.74, 6) is -0.116. The highest BCUT2D eigenvalue weighted by Gasteiger charge is 2.42. The van der Waals surface area contributed by atoms with E-state index in [2.05, 4.69) is 18.7 Å². The fourth-order valence-corrected chi connectivity index (χ4v) is 2.97. The zero-order chi connectivity index (χ0) is 14.4. The second-order valence-corrected chi connectivity index (χ2v) is 5.83. The molecule has 2 heterocycles. The zero-order valence-electron chi connectivity index (χ0n) is 12.0. The van der Waals surface area contributed by atoms with Crippen LogP contribution in [0.3, 0.4) is 0 Å². The lowest BCUT2D eigenvalue weighted by Gasteiger charge is -2.25. The molecule has 0 aliphatic carbocycles. The highest BCUT2D eigenvalue weighted by atomic mass is 19.1. The molecule has 0 spiro atoms. The molecule has 0 aromatic heterocycles. The van der Waals surface area contributed by atoms with Crippen molar-refractivity contribution in [2.24, 2.45) is 0 Å². The normalized spacial score (nSPS) is 26.2. The van der Waals surface area contributed by atoms with Gasteiger partial charge in [-0.1, -0.05) is 0 Å². The molecule has 0 bridgehead atoms. The van der Waals surface area contributed by atoms with Crippen molar-refractivity contribution in [2.45, 2.75) is 32.0 Å². The fourth-order valence-electron chi connectivity index (χ4n) is 2.97. The average molecular weight is 278 g/mol. The molecule has 3 rings (SSSR count). The molecule has 0 unspecified atom stereocenters. The Balaban J connectivity index is 1.97. The minimum Gasteiger partial charge on any atom is -0.486 e. The number of hydrogen-bond acceptors (Lipinski definition) is 3. The summed E-state index contributed by atoms with van der Waals surface area (Å²) in [4.78, 5) is 16.5. The van der Waals surface area contributed by atoms with Crippen LogP contribution in [0.2, 0.25) is 0 Å². The van der Waals surface area contributed by atoms with Gasteiger partial charge in [-0.05, 0) is 26.0 Å². The van der Waals surface area contributed by atoms with Crippen molar-refractivity contribution in [1.82, 2.24) is 9.80 Å². The van der Waals surface area contributed by atoms with Gasteiger partial charge in [-0.2, -0.15) is 0 Å². The van der Waals surface area contributed by atoms with Crippen molar-refractivity contribution in [3.63, 3.8) is 0 Å². The van der Waals surface area contributed by atoms with Gasteiger partial charge in [0.25, 0.3) is 5.91 Å². The molecule has 0 radical (unpaired) electrons. The molecule has 2 aliphatic rings. The Morgan fingerprint density at radius 2 is 2.10 bits per heavy atom. The molecule has 0 N–H and O–H groups in total. The molecule has 2 atom stereocenters. The van der Waals surface area contributed by atoms with Gasteiger partial charge in [-0.3, -0.25) is 9.69 Å². The van der Waals surface area contributed by atoms with Gasteiger partial charge in [0.15, 0.2) is 0 Å². The Bertz CT molecular complexity index is 547. The number of nitrogens with zero attached hydrogens (tertiary/aromatic N) is 2. The third-order valence-electron chi connectivity index (χ3n) is 4.27. The summed E-state index contributed by atoms with van der Waals surface area (Å²) >= 11 is 0. The molecule has 108 valence electrons. The van der Waals surface area contributed by atoms with Crippen LogP contribution in [-0.2, 0) is 0 Å². The molecule has 0 saturated carbocycles. The molecule has 1 fully saturated rings. The second kappa shape index (κ2) is 4.74. The van der Waals surface area contributed by atoms with Gasteiger partial charge in [0, 0.05) is 32.2 Å². The average Bonchev–Trinajstić information content (AvgIpc) is 2.78. The van der Waals surface area contributed by atoms with Crippen LogP contribution >= 0.6 is 0 Å². The summed E-state index contributed by atoms with van der Waals surface area (Å²) in [6.45, 7) is 5.80. The fraction of sp³-hybridized carbons (Fsp3) is 0.533. The zero-order valence-corrected chi connectivity index (χ0v) is 12.0. The smallest absolute Gasteiger partial charge is 0.257 e. The van der Waals surface area contributed by atoms with Crippen LogP contribution in [0.4, 0.5) is 4.39 Å². The number of hydrogen-bond donors (Lipinski definition) is 0. The van der Waals surface area contributed by atoms with Crippen LogP contribution in [0.5, 0.6) is 5.75 Å². The van der Waals surface area contributed by atoms with Crippen LogP contribution < -0.4 is 4.74 Å². The van der Waals surface area contributed by atoms with E-state index in [0.717, 1.165) is 13.1 Å². The van der Waals surface area contributed by atoms with Gasteiger partial charge in [-0.15, -0.1) is 0 Å². The number of rotatable bonds is 1. The third-order valence-corrected chi connectivity index (χ3v) is 4.27. The van der Waals surface area contributed by atoms with E-state index in [0.29, 0.717) is 17.4 Å². The number of carbonyl (C=O) groups is 1. The molecular formula is C15H19FN2O2. The first kappa shape index (κ1) is 13.4. The van der Waals surface area contributed by atoms with Gasteiger partial charge >= 0.3 is 0 Å². The minimum atomic E-state index is -0.378. The van der Waals surface area contributed by atoms with E-state index in [1.165, 1.54) is 18.2 Å². The molecular weight excluding hydrogens is 259 g/mol. The Kier molecular flexibility index (Phi) is 3.17. The SMILES string of the molecule is CC(C)N1C[C@@H]2Oc3cc(F)ccc3C(=O)N(C)[C@@H]2C1. The van der Waals surface area contributed by atoms with Gasteiger partial charge in [-0.25, -0.2) is 4.39 Å². The molecule has 2 aliphatic heterocycles. The van der Waals surface area contributed by atoms with Crippen LogP contribution in [0.1, 0.15) is 24.2 Å². The van der Waals surface area contributed by atoms with E-state index in [4.69, 9.17) is 4.74 Å². The standard InChI is InChI=1S/C15H19FN2O2/c1-9(2)18-7-12-14(8-18)20-13-6-10(16)4-5-11(13)15(19)17(12)3/h4-6,9,12,14H,7-8H2,1-3H3/t12-,14+/m1/s1. The highest BCUT2D eigenvalue weighted by Crippen LogP contribution is 2.31. The first-order valence-corrected chi connectivity index (χ1v) is 6.95. The number of ether oxygens (including phenoxy) is 1. The van der Waals surface area contributed by atoms with Crippen molar-refractivity contribution < 1.29 is 13.9 Å². The van der Waals surface area contributed by atoms with Crippen molar-refractivity contribution >= 4 is 5.91 Å². The lowest BCUT2D eigenvalue weighted by molar-refractivity contribution is 0.0681. The number of halogens is 1. The van der Waals surface area contributed by atoms with Crippen LogP contribution in [0, 0.1) is 5.82 Å². The number of benzene rings is 1. The lowest BCUT2D eigenvalue weighted by atomic mass is 10.1. The van der Waals surface area contributed by atoms with E-state index in [1.807, 2.05) is 0 Å². The van der Waals surface area contributed by atoms with E-state index in [-0.39, 0.29) is 23.9 Å². The van der Waals surface area contributed by atoms with E-state index in [1.54, 1.807) is 11.9 Å². The van der Waals surface area contributed by atoms with E-state index < -0.39 is 0 Å². The van der Waals surface area contributed by atoms with E-state index in [9.17, 15) is 9.18 Å². The third kappa shape index (κ3) is 2.06. The Hall–Kier alpha value is -1.62. The van der Waals surface area contributed by atoms with Crippen molar-refractivity contribution in [1.29, 1.82) is 0 Å². The molecule has 1 aromatic carbocycles. The highest BCUT2D eigenvalue weighted by molar-refractivity contribution is 5.97. The molecule has 1 saturated heterocycles. The summed E-state index contributed by atoms with van der Waals surface area (Å²) in [7, 11) is 1.80.